The summed E-state index contributed by atoms with van der Waals surface area (Å²) < 4.78 is 36.3. The van der Waals surface area contributed by atoms with E-state index in [2.05, 4.69) is 14.4 Å². The van der Waals surface area contributed by atoms with Crippen LogP contribution in [0.1, 0.15) is 5.56 Å². The van der Waals surface area contributed by atoms with Gasteiger partial charge in [-0.25, -0.2) is 8.78 Å². The van der Waals surface area contributed by atoms with Crippen molar-refractivity contribution in [3.63, 3.8) is 0 Å². The van der Waals surface area contributed by atoms with Crippen molar-refractivity contribution in [2.75, 3.05) is 7.11 Å². The van der Waals surface area contributed by atoms with Gasteiger partial charge in [-0.15, -0.1) is 0 Å². The zero-order chi connectivity index (χ0) is 12.3. The molecule has 0 aliphatic heterocycles. The molecule has 5 heteroatoms. The molecule has 88 valence electrons. The summed E-state index contributed by atoms with van der Waals surface area (Å²) in [5.41, 5.74) is 0.905. The van der Waals surface area contributed by atoms with E-state index in [4.69, 9.17) is 0 Å². The predicted molar refractivity (Wildman–Crippen MR) is 57.9 cm³/mol. The molecule has 0 amide bonds. The number of hydrogen-bond donors (Lipinski definition) is 0. The molecule has 0 saturated carbocycles. The van der Waals surface area contributed by atoms with Gasteiger partial charge in [-0.05, 0) is 12.1 Å². The first-order chi connectivity index (χ1) is 8.22. The lowest BCUT2D eigenvalue weighted by Gasteiger charge is -2.03. The molecule has 0 bridgehead atoms. The summed E-state index contributed by atoms with van der Waals surface area (Å²) in [6.07, 6.45) is 5.37. The first kappa shape index (κ1) is 11.3. The maximum atomic E-state index is 13.6. The molecule has 2 aromatic rings. The normalized spacial score (nSPS) is 11.0. The molecule has 0 spiro atoms. The van der Waals surface area contributed by atoms with Gasteiger partial charge in [0.1, 0.15) is 17.9 Å². The number of halogens is 2. The summed E-state index contributed by atoms with van der Waals surface area (Å²) >= 11 is 0. The highest BCUT2D eigenvalue weighted by Gasteiger charge is 2.11. The molecule has 0 fully saturated rings. The van der Waals surface area contributed by atoms with Gasteiger partial charge in [0.25, 0.3) is 0 Å². The minimum absolute atomic E-state index is 0.225. The summed E-state index contributed by atoms with van der Waals surface area (Å²) in [6, 6.07) is 2.18. The van der Waals surface area contributed by atoms with Crippen molar-refractivity contribution < 1.29 is 18.0 Å². The van der Waals surface area contributed by atoms with Crippen LogP contribution in [0.3, 0.4) is 0 Å². The highest BCUT2D eigenvalue weighted by atomic mass is 19.1. The Morgan fingerprint density at radius 2 is 2.12 bits per heavy atom. The smallest absolute Gasteiger partial charge is 0.134 e. The quantitative estimate of drug-likeness (QED) is 0.769. The lowest BCUT2D eigenvalue weighted by molar-refractivity contribution is 0.341. The topological polar surface area (TPSA) is 35.3 Å². The number of aromatic nitrogens is 1. The number of rotatable bonds is 3. The molecule has 0 radical (unpaired) electrons. The van der Waals surface area contributed by atoms with E-state index in [9.17, 15) is 8.78 Å². The Kier molecular flexibility index (Phi) is 3.18. The van der Waals surface area contributed by atoms with Crippen LogP contribution in [0.2, 0.25) is 0 Å². The third-order valence-corrected chi connectivity index (χ3v) is 2.21. The third-order valence-electron chi connectivity index (χ3n) is 2.21. The summed E-state index contributed by atoms with van der Waals surface area (Å²) in [6.45, 7) is 0. The Morgan fingerprint density at radius 1 is 1.29 bits per heavy atom. The van der Waals surface area contributed by atoms with Crippen LogP contribution in [0, 0.1) is 11.6 Å². The molecular formula is C12H9F2NO2. The van der Waals surface area contributed by atoms with Gasteiger partial charge in [-0.3, -0.25) is 0 Å². The largest absolute Gasteiger partial charge is 0.504 e. The first-order valence-corrected chi connectivity index (χ1v) is 4.80. The van der Waals surface area contributed by atoms with Gasteiger partial charge in [0, 0.05) is 22.8 Å². The molecule has 1 aromatic heterocycles. The van der Waals surface area contributed by atoms with E-state index in [-0.39, 0.29) is 11.1 Å². The van der Waals surface area contributed by atoms with Gasteiger partial charge < -0.3 is 9.26 Å². The highest BCUT2D eigenvalue weighted by Crippen LogP contribution is 2.26. The molecule has 0 saturated heterocycles. The van der Waals surface area contributed by atoms with E-state index in [1.165, 1.54) is 38.0 Å². The van der Waals surface area contributed by atoms with Crippen LogP contribution in [-0.4, -0.2) is 12.3 Å². The Hall–Kier alpha value is -2.17. The van der Waals surface area contributed by atoms with Crippen LogP contribution in [0.15, 0.2) is 35.4 Å². The van der Waals surface area contributed by atoms with E-state index >= 15 is 0 Å². The van der Waals surface area contributed by atoms with Crippen LogP contribution in [0.4, 0.5) is 8.78 Å². The second kappa shape index (κ2) is 4.78. The van der Waals surface area contributed by atoms with Crippen LogP contribution < -0.4 is 0 Å². The number of hydrogen-bond acceptors (Lipinski definition) is 3. The highest BCUT2D eigenvalue weighted by molar-refractivity contribution is 5.66. The minimum atomic E-state index is -0.666. The molecule has 0 aliphatic carbocycles. The summed E-state index contributed by atoms with van der Waals surface area (Å²) in [7, 11) is 1.44. The van der Waals surface area contributed by atoms with Crippen molar-refractivity contribution >= 4 is 6.08 Å². The Balaban J connectivity index is 2.50. The van der Waals surface area contributed by atoms with Crippen LogP contribution in [0.5, 0.6) is 0 Å². The second-order valence-corrected chi connectivity index (χ2v) is 3.31. The molecule has 0 aliphatic rings. The SMILES string of the molecule is COC=Cc1cc(-c2cnoc2)c(F)cc1F. The fraction of sp³-hybridized carbons (Fsp3) is 0.0833. The van der Waals surface area contributed by atoms with E-state index in [0.717, 1.165) is 6.07 Å². The summed E-state index contributed by atoms with van der Waals surface area (Å²) in [5.74, 6) is -1.32. The predicted octanol–water partition coefficient (Wildman–Crippen LogP) is 3.24. The van der Waals surface area contributed by atoms with Gasteiger partial charge in [-0.2, -0.15) is 0 Å². The Labute approximate surface area is 96.3 Å². The van der Waals surface area contributed by atoms with Gasteiger partial charge in [0.15, 0.2) is 0 Å². The summed E-state index contributed by atoms with van der Waals surface area (Å²) in [4.78, 5) is 0. The zero-order valence-corrected chi connectivity index (χ0v) is 8.98. The van der Waals surface area contributed by atoms with Crippen LogP contribution >= 0.6 is 0 Å². The Morgan fingerprint density at radius 3 is 2.76 bits per heavy atom. The van der Waals surface area contributed by atoms with Crippen molar-refractivity contribution in [1.82, 2.24) is 5.16 Å². The van der Waals surface area contributed by atoms with Gasteiger partial charge >= 0.3 is 0 Å². The third kappa shape index (κ3) is 2.33. The number of ether oxygens (including phenoxy) is 1. The molecule has 2 rings (SSSR count). The first-order valence-electron chi connectivity index (χ1n) is 4.80. The van der Waals surface area contributed by atoms with Crippen molar-refractivity contribution in [1.29, 1.82) is 0 Å². The van der Waals surface area contributed by atoms with Gasteiger partial charge in [0.05, 0.1) is 19.6 Å². The zero-order valence-electron chi connectivity index (χ0n) is 8.98. The van der Waals surface area contributed by atoms with Gasteiger partial charge in [0.2, 0.25) is 0 Å². The Bertz CT molecular complexity index is 536. The molecule has 17 heavy (non-hydrogen) atoms. The van der Waals surface area contributed by atoms with Crippen molar-refractivity contribution in [2.24, 2.45) is 0 Å². The van der Waals surface area contributed by atoms with Crippen molar-refractivity contribution in [3.05, 3.63) is 48.1 Å². The molecule has 0 unspecified atom stereocenters. The molecule has 1 heterocycles. The van der Waals surface area contributed by atoms with Crippen LogP contribution in [-0.2, 0) is 4.74 Å². The van der Waals surface area contributed by atoms with Crippen molar-refractivity contribution in [2.45, 2.75) is 0 Å². The molecular weight excluding hydrogens is 228 g/mol. The minimum Gasteiger partial charge on any atom is -0.504 e. The molecule has 0 atom stereocenters. The average molecular weight is 237 g/mol. The second-order valence-electron chi connectivity index (χ2n) is 3.31. The molecule has 1 aromatic carbocycles. The maximum Gasteiger partial charge on any atom is 0.134 e. The number of benzene rings is 1. The lowest BCUT2D eigenvalue weighted by Crippen LogP contribution is -1.90. The van der Waals surface area contributed by atoms with Gasteiger partial charge in [-0.1, -0.05) is 5.16 Å². The van der Waals surface area contributed by atoms with Crippen molar-refractivity contribution in [3.8, 4) is 11.1 Å². The lowest BCUT2D eigenvalue weighted by atomic mass is 10.0. The maximum absolute atomic E-state index is 13.6. The van der Waals surface area contributed by atoms with E-state index in [1.807, 2.05) is 0 Å². The number of methoxy groups -OCH3 is 1. The van der Waals surface area contributed by atoms with E-state index < -0.39 is 11.6 Å². The monoisotopic (exact) mass is 237 g/mol. The average Bonchev–Trinajstić information content (AvgIpc) is 2.81. The van der Waals surface area contributed by atoms with Crippen LogP contribution in [0.25, 0.3) is 17.2 Å². The van der Waals surface area contributed by atoms with E-state index in [0.29, 0.717) is 5.56 Å². The molecule has 3 nitrogen and oxygen atoms in total. The number of nitrogens with zero attached hydrogens (tertiary/aromatic N) is 1. The van der Waals surface area contributed by atoms with E-state index in [1.54, 1.807) is 0 Å². The standard InChI is InChI=1S/C12H9F2NO2/c1-16-3-2-8-4-10(9-6-15-17-7-9)12(14)5-11(8)13/h2-7H,1H3. The fourth-order valence-electron chi connectivity index (χ4n) is 1.39. The molecule has 0 N–H and O–H groups in total. The fourth-order valence-corrected chi connectivity index (χ4v) is 1.39. The summed E-state index contributed by atoms with van der Waals surface area (Å²) in [5, 5.41) is 3.48.